The van der Waals surface area contributed by atoms with Crippen LogP contribution >= 0.6 is 15.9 Å². The van der Waals surface area contributed by atoms with Gasteiger partial charge in [0.2, 0.25) is 0 Å². The quantitative estimate of drug-likeness (QED) is 0.636. The molecule has 0 bridgehead atoms. The molecule has 1 unspecified atom stereocenters. The molecular weight excluding hydrogens is 314 g/mol. The third-order valence-corrected chi connectivity index (χ3v) is 4.27. The van der Waals surface area contributed by atoms with Gasteiger partial charge in [-0.15, -0.1) is 0 Å². The van der Waals surface area contributed by atoms with Gasteiger partial charge in [-0.05, 0) is 43.4 Å². The van der Waals surface area contributed by atoms with E-state index in [-0.39, 0.29) is 0 Å². The summed E-state index contributed by atoms with van der Waals surface area (Å²) in [5, 5.41) is 3.58. The number of benzene rings is 1. The van der Waals surface area contributed by atoms with E-state index in [2.05, 4.69) is 59.4 Å². The van der Waals surface area contributed by atoms with Crippen LogP contribution < -0.4 is 5.32 Å². The molecule has 114 valence electrons. The summed E-state index contributed by atoms with van der Waals surface area (Å²) in [5.41, 5.74) is 1.41. The number of halogens is 1. The molecule has 0 aliphatic heterocycles. The first-order valence-corrected chi connectivity index (χ1v) is 8.38. The van der Waals surface area contributed by atoms with Gasteiger partial charge in [0.15, 0.2) is 0 Å². The fourth-order valence-corrected chi connectivity index (χ4v) is 2.78. The average Bonchev–Trinajstić information content (AvgIpc) is 2.42. The van der Waals surface area contributed by atoms with E-state index in [1.807, 2.05) is 0 Å². The lowest BCUT2D eigenvalue weighted by molar-refractivity contribution is 0.190. The fraction of sp³-hybridized carbons (Fsp3) is 0.647. The van der Waals surface area contributed by atoms with Gasteiger partial charge < -0.3 is 10.1 Å². The minimum Gasteiger partial charge on any atom is -0.385 e. The van der Waals surface area contributed by atoms with Crippen LogP contribution in [0.25, 0.3) is 0 Å². The van der Waals surface area contributed by atoms with Crippen LogP contribution in [0.15, 0.2) is 28.7 Å². The van der Waals surface area contributed by atoms with Crippen LogP contribution in [0.3, 0.4) is 0 Å². The van der Waals surface area contributed by atoms with Crippen molar-refractivity contribution in [3.8, 4) is 0 Å². The third-order valence-electron chi connectivity index (χ3n) is 3.49. The minimum atomic E-state index is 0.552. The largest absolute Gasteiger partial charge is 0.385 e. The summed E-state index contributed by atoms with van der Waals surface area (Å²) in [6.07, 6.45) is 4.78. The molecule has 1 atom stereocenters. The summed E-state index contributed by atoms with van der Waals surface area (Å²) in [4.78, 5) is 0. The molecule has 0 spiro atoms. The number of ether oxygens (including phenoxy) is 1. The van der Waals surface area contributed by atoms with Crippen LogP contribution in [-0.2, 0) is 11.2 Å². The van der Waals surface area contributed by atoms with E-state index in [1.165, 1.54) is 22.9 Å². The van der Waals surface area contributed by atoms with Crippen molar-refractivity contribution in [1.82, 2.24) is 5.32 Å². The SMILES string of the molecule is COCCCCC(CNC(C)C)Cc1ccccc1Br. The lowest BCUT2D eigenvalue weighted by Gasteiger charge is -2.20. The molecule has 1 aromatic rings. The topological polar surface area (TPSA) is 21.3 Å². The van der Waals surface area contributed by atoms with E-state index in [9.17, 15) is 0 Å². The molecule has 20 heavy (non-hydrogen) atoms. The normalized spacial score (nSPS) is 12.8. The minimum absolute atomic E-state index is 0.552. The first kappa shape index (κ1) is 17.7. The van der Waals surface area contributed by atoms with Crippen molar-refractivity contribution in [3.05, 3.63) is 34.3 Å². The molecule has 1 N–H and O–H groups in total. The Kier molecular flexibility index (Phi) is 9.16. The first-order valence-electron chi connectivity index (χ1n) is 7.59. The van der Waals surface area contributed by atoms with E-state index in [1.54, 1.807) is 7.11 Å². The second-order valence-electron chi connectivity index (χ2n) is 5.71. The van der Waals surface area contributed by atoms with Crippen LogP contribution in [0, 0.1) is 5.92 Å². The molecule has 0 aliphatic carbocycles. The molecule has 1 aromatic carbocycles. The highest BCUT2D eigenvalue weighted by Gasteiger charge is 2.12. The molecule has 2 nitrogen and oxygen atoms in total. The maximum atomic E-state index is 5.14. The predicted molar refractivity (Wildman–Crippen MR) is 90.2 cm³/mol. The molecule has 0 heterocycles. The van der Waals surface area contributed by atoms with E-state index >= 15 is 0 Å². The number of methoxy groups -OCH3 is 1. The van der Waals surface area contributed by atoms with Crippen LogP contribution in [-0.4, -0.2) is 26.3 Å². The second kappa shape index (κ2) is 10.4. The standard InChI is InChI=1S/C17H28BrNO/c1-14(2)19-13-15(8-6-7-11-20-3)12-16-9-4-5-10-17(16)18/h4-5,9-10,14-15,19H,6-8,11-13H2,1-3H3. The van der Waals surface area contributed by atoms with E-state index in [0.717, 1.165) is 26.0 Å². The molecule has 0 fully saturated rings. The maximum absolute atomic E-state index is 5.14. The monoisotopic (exact) mass is 341 g/mol. The Hall–Kier alpha value is -0.380. The maximum Gasteiger partial charge on any atom is 0.0462 e. The van der Waals surface area contributed by atoms with Crippen LogP contribution in [0.2, 0.25) is 0 Å². The highest BCUT2D eigenvalue weighted by Crippen LogP contribution is 2.22. The third kappa shape index (κ3) is 7.41. The zero-order valence-corrected chi connectivity index (χ0v) is 14.6. The van der Waals surface area contributed by atoms with Crippen LogP contribution in [0.1, 0.15) is 38.7 Å². The summed E-state index contributed by atoms with van der Waals surface area (Å²) in [7, 11) is 1.78. The molecule has 0 amide bonds. The van der Waals surface area contributed by atoms with Gasteiger partial charge >= 0.3 is 0 Å². The number of nitrogens with one attached hydrogen (secondary N) is 1. The van der Waals surface area contributed by atoms with Crippen molar-refractivity contribution in [2.75, 3.05) is 20.3 Å². The van der Waals surface area contributed by atoms with E-state index in [0.29, 0.717) is 12.0 Å². The van der Waals surface area contributed by atoms with Crippen molar-refractivity contribution in [2.24, 2.45) is 5.92 Å². The van der Waals surface area contributed by atoms with Gasteiger partial charge in [-0.25, -0.2) is 0 Å². The van der Waals surface area contributed by atoms with Crippen molar-refractivity contribution in [2.45, 2.75) is 45.6 Å². The summed E-state index contributed by atoms with van der Waals surface area (Å²) in [6.45, 7) is 6.38. The summed E-state index contributed by atoms with van der Waals surface area (Å²) in [6, 6.07) is 9.11. The zero-order chi connectivity index (χ0) is 14.8. The smallest absolute Gasteiger partial charge is 0.0462 e. The lowest BCUT2D eigenvalue weighted by Crippen LogP contribution is -2.30. The zero-order valence-electron chi connectivity index (χ0n) is 13.0. The summed E-state index contributed by atoms with van der Waals surface area (Å²) >= 11 is 3.66. The van der Waals surface area contributed by atoms with E-state index < -0.39 is 0 Å². The molecule has 3 heteroatoms. The van der Waals surface area contributed by atoms with Gasteiger partial charge in [-0.1, -0.05) is 54.4 Å². The number of unbranched alkanes of at least 4 members (excludes halogenated alkanes) is 1. The number of hydrogen-bond acceptors (Lipinski definition) is 2. The van der Waals surface area contributed by atoms with Gasteiger partial charge in [0.05, 0.1) is 0 Å². The van der Waals surface area contributed by atoms with Gasteiger partial charge in [0.1, 0.15) is 0 Å². The Labute approximate surface area is 132 Å². The number of hydrogen-bond donors (Lipinski definition) is 1. The molecular formula is C17H28BrNO. The van der Waals surface area contributed by atoms with Gasteiger partial charge in [-0.3, -0.25) is 0 Å². The summed E-state index contributed by atoms with van der Waals surface area (Å²) in [5.74, 6) is 0.688. The Morgan fingerprint density at radius 2 is 1.95 bits per heavy atom. The molecule has 0 aliphatic rings. The predicted octanol–water partition coefficient (Wildman–Crippen LogP) is 4.42. The molecule has 0 saturated carbocycles. The Morgan fingerprint density at radius 3 is 2.60 bits per heavy atom. The Bertz CT molecular complexity index is 368. The van der Waals surface area contributed by atoms with Crippen molar-refractivity contribution < 1.29 is 4.74 Å². The highest BCUT2D eigenvalue weighted by molar-refractivity contribution is 9.10. The average molecular weight is 342 g/mol. The first-order chi connectivity index (χ1) is 9.63. The van der Waals surface area contributed by atoms with Crippen LogP contribution in [0.4, 0.5) is 0 Å². The fourth-order valence-electron chi connectivity index (χ4n) is 2.33. The molecule has 0 radical (unpaired) electrons. The Balaban J connectivity index is 2.50. The highest BCUT2D eigenvalue weighted by atomic mass is 79.9. The van der Waals surface area contributed by atoms with Crippen molar-refractivity contribution >= 4 is 15.9 Å². The van der Waals surface area contributed by atoms with Gasteiger partial charge in [-0.2, -0.15) is 0 Å². The molecule has 0 saturated heterocycles. The summed E-state index contributed by atoms with van der Waals surface area (Å²) < 4.78 is 6.36. The van der Waals surface area contributed by atoms with Crippen molar-refractivity contribution in [3.63, 3.8) is 0 Å². The van der Waals surface area contributed by atoms with Crippen molar-refractivity contribution in [1.29, 1.82) is 0 Å². The van der Waals surface area contributed by atoms with E-state index in [4.69, 9.17) is 4.74 Å². The van der Waals surface area contributed by atoms with Gasteiger partial charge in [0.25, 0.3) is 0 Å². The molecule has 0 aromatic heterocycles. The second-order valence-corrected chi connectivity index (χ2v) is 6.57. The molecule has 1 rings (SSSR count). The number of rotatable bonds is 10. The lowest BCUT2D eigenvalue weighted by atomic mass is 9.94. The Morgan fingerprint density at radius 1 is 1.20 bits per heavy atom. The van der Waals surface area contributed by atoms with Crippen LogP contribution in [0.5, 0.6) is 0 Å². The van der Waals surface area contributed by atoms with Gasteiger partial charge in [0, 0.05) is 24.2 Å².